The fourth-order valence-corrected chi connectivity index (χ4v) is 5.48. The highest BCUT2D eigenvalue weighted by Gasteiger charge is 2.46. The minimum Gasteiger partial charge on any atom is -0.337 e. The molecular weight excluding hydrogens is 371 g/mol. The van der Waals surface area contributed by atoms with Crippen molar-refractivity contribution in [1.29, 1.82) is 0 Å². The molecule has 4 heterocycles. The minimum absolute atomic E-state index is 0.0489. The summed E-state index contributed by atoms with van der Waals surface area (Å²) in [5, 5.41) is 1.11. The highest BCUT2D eigenvalue weighted by molar-refractivity contribution is 8.14. The Balaban J connectivity index is 1.62. The Morgan fingerprint density at radius 3 is 2.71 bits per heavy atom. The molecule has 0 amide bonds. The number of aliphatic imine (C=N–C) groups is 1. The van der Waals surface area contributed by atoms with Gasteiger partial charge in [-0.25, -0.2) is 4.39 Å². The Bertz CT molecular complexity index is 999. The van der Waals surface area contributed by atoms with Crippen LogP contribution in [0.1, 0.15) is 36.8 Å². The highest BCUT2D eigenvalue weighted by atomic mass is 32.2. The Kier molecular flexibility index (Phi) is 4.43. The number of pyridine rings is 1. The van der Waals surface area contributed by atoms with E-state index in [1.165, 1.54) is 12.1 Å². The number of amidine groups is 1. The third-order valence-corrected chi connectivity index (χ3v) is 6.64. The standard InChI is InChI=1S/C22H21FN4S/c1-2-16-14-28-22-25-20(18-6-3-4-12-24-18)21(27(16)22)19-7-5-13-26(19)17-10-8-15(23)9-11-17/h3-13,16,20-21H,2,14H2,1H3/t16-,20+,21-/m1/s1. The van der Waals surface area contributed by atoms with Crippen molar-refractivity contribution in [3.05, 3.63) is 84.2 Å². The predicted octanol–water partition coefficient (Wildman–Crippen LogP) is 4.99. The number of aromatic nitrogens is 2. The van der Waals surface area contributed by atoms with E-state index in [0.717, 1.165) is 34.4 Å². The van der Waals surface area contributed by atoms with E-state index < -0.39 is 0 Å². The smallest absolute Gasteiger partial charge is 0.160 e. The second-order valence-corrected chi connectivity index (χ2v) is 8.10. The van der Waals surface area contributed by atoms with Gasteiger partial charge in [0.25, 0.3) is 0 Å². The number of halogens is 1. The van der Waals surface area contributed by atoms with Crippen molar-refractivity contribution in [1.82, 2.24) is 14.5 Å². The normalized spacial score (nSPS) is 23.7. The van der Waals surface area contributed by atoms with Crippen LogP contribution in [-0.4, -0.2) is 31.4 Å². The molecule has 142 valence electrons. The lowest BCUT2D eigenvalue weighted by Crippen LogP contribution is -2.36. The van der Waals surface area contributed by atoms with Gasteiger partial charge >= 0.3 is 0 Å². The fourth-order valence-electron chi connectivity index (χ4n) is 4.14. The van der Waals surface area contributed by atoms with Crippen molar-refractivity contribution < 1.29 is 4.39 Å². The Hall–Kier alpha value is -2.60. The molecule has 2 aliphatic rings. The van der Waals surface area contributed by atoms with Crippen molar-refractivity contribution in [2.24, 2.45) is 4.99 Å². The highest BCUT2D eigenvalue weighted by Crippen LogP contribution is 2.48. The summed E-state index contributed by atoms with van der Waals surface area (Å²) >= 11 is 1.84. The Morgan fingerprint density at radius 1 is 1.11 bits per heavy atom. The summed E-state index contributed by atoms with van der Waals surface area (Å²) in [4.78, 5) is 12.2. The minimum atomic E-state index is -0.225. The molecule has 3 aromatic rings. The van der Waals surface area contributed by atoms with Gasteiger partial charge in [-0.2, -0.15) is 0 Å². The number of thioether (sulfide) groups is 1. The van der Waals surface area contributed by atoms with Crippen LogP contribution in [0.4, 0.5) is 4.39 Å². The van der Waals surface area contributed by atoms with Gasteiger partial charge in [0.2, 0.25) is 0 Å². The molecule has 2 aromatic heterocycles. The number of fused-ring (bicyclic) bond motifs is 1. The van der Waals surface area contributed by atoms with E-state index in [2.05, 4.69) is 39.6 Å². The van der Waals surface area contributed by atoms with Crippen LogP contribution in [0.3, 0.4) is 0 Å². The maximum absolute atomic E-state index is 13.4. The van der Waals surface area contributed by atoms with Crippen LogP contribution < -0.4 is 0 Å². The Morgan fingerprint density at radius 2 is 1.96 bits per heavy atom. The van der Waals surface area contributed by atoms with Crippen LogP contribution in [0.25, 0.3) is 5.69 Å². The topological polar surface area (TPSA) is 33.4 Å². The van der Waals surface area contributed by atoms with Crippen LogP contribution in [-0.2, 0) is 0 Å². The van der Waals surface area contributed by atoms with Gasteiger partial charge in [0, 0.05) is 35.6 Å². The predicted molar refractivity (Wildman–Crippen MR) is 111 cm³/mol. The molecular formula is C22H21FN4S. The first-order valence-corrected chi connectivity index (χ1v) is 10.6. The summed E-state index contributed by atoms with van der Waals surface area (Å²) < 4.78 is 15.6. The van der Waals surface area contributed by atoms with E-state index in [1.54, 1.807) is 0 Å². The summed E-state index contributed by atoms with van der Waals surface area (Å²) in [7, 11) is 0. The molecule has 2 aliphatic heterocycles. The van der Waals surface area contributed by atoms with E-state index in [0.29, 0.717) is 6.04 Å². The molecule has 0 saturated carbocycles. The number of hydrogen-bond donors (Lipinski definition) is 0. The molecule has 0 spiro atoms. The second-order valence-electron chi connectivity index (χ2n) is 7.12. The first-order chi connectivity index (χ1) is 13.8. The third-order valence-electron chi connectivity index (χ3n) is 5.52. The van der Waals surface area contributed by atoms with Gasteiger partial charge in [-0.1, -0.05) is 24.8 Å². The van der Waals surface area contributed by atoms with Gasteiger partial charge in [0.15, 0.2) is 5.17 Å². The Labute approximate surface area is 168 Å². The van der Waals surface area contributed by atoms with Crippen molar-refractivity contribution in [3.63, 3.8) is 0 Å². The van der Waals surface area contributed by atoms with Crippen LogP contribution in [0.15, 0.2) is 72.0 Å². The summed E-state index contributed by atoms with van der Waals surface area (Å²) in [6.45, 7) is 2.23. The average molecular weight is 393 g/mol. The van der Waals surface area contributed by atoms with Gasteiger partial charge in [-0.05, 0) is 55.0 Å². The van der Waals surface area contributed by atoms with Crippen LogP contribution >= 0.6 is 11.8 Å². The first-order valence-electron chi connectivity index (χ1n) is 9.59. The molecule has 1 saturated heterocycles. The van der Waals surface area contributed by atoms with Gasteiger partial charge < -0.3 is 9.47 Å². The van der Waals surface area contributed by atoms with Gasteiger partial charge in [0.05, 0.1) is 5.69 Å². The van der Waals surface area contributed by atoms with Crippen molar-refractivity contribution >= 4 is 16.9 Å². The maximum atomic E-state index is 13.4. The van der Waals surface area contributed by atoms with Crippen LogP contribution in [0.5, 0.6) is 0 Å². The number of nitrogens with zero attached hydrogens (tertiary/aromatic N) is 4. The van der Waals surface area contributed by atoms with E-state index in [-0.39, 0.29) is 17.9 Å². The van der Waals surface area contributed by atoms with Crippen LogP contribution in [0.2, 0.25) is 0 Å². The molecule has 0 N–H and O–H groups in total. The molecule has 6 heteroatoms. The van der Waals surface area contributed by atoms with E-state index in [4.69, 9.17) is 4.99 Å². The monoisotopic (exact) mass is 392 g/mol. The molecule has 0 unspecified atom stereocenters. The maximum Gasteiger partial charge on any atom is 0.160 e. The average Bonchev–Trinajstić information content (AvgIpc) is 3.44. The molecule has 0 aliphatic carbocycles. The SMILES string of the molecule is CC[C@@H]1CSC2=N[C@@H](c3ccccn3)[C@@H](c3cccn3-c3ccc(F)cc3)N21. The van der Waals surface area contributed by atoms with Crippen molar-refractivity contribution in [3.8, 4) is 5.69 Å². The molecule has 1 fully saturated rings. The zero-order chi connectivity index (χ0) is 19.1. The lowest BCUT2D eigenvalue weighted by molar-refractivity contribution is 0.249. The zero-order valence-electron chi connectivity index (χ0n) is 15.6. The van der Waals surface area contributed by atoms with Gasteiger partial charge in [-0.15, -0.1) is 0 Å². The lowest BCUT2D eigenvalue weighted by Gasteiger charge is -2.32. The summed E-state index contributed by atoms with van der Waals surface area (Å²) in [6, 6.07) is 17.4. The number of benzene rings is 1. The molecule has 28 heavy (non-hydrogen) atoms. The lowest BCUT2D eigenvalue weighted by atomic mass is 9.99. The van der Waals surface area contributed by atoms with Gasteiger partial charge in [-0.3, -0.25) is 9.98 Å². The summed E-state index contributed by atoms with van der Waals surface area (Å²) in [5.74, 6) is 0.843. The molecule has 3 atom stereocenters. The molecule has 1 aromatic carbocycles. The summed E-state index contributed by atoms with van der Waals surface area (Å²) in [6.07, 6.45) is 4.95. The summed E-state index contributed by atoms with van der Waals surface area (Å²) in [5.41, 5.74) is 3.09. The van der Waals surface area contributed by atoms with E-state index >= 15 is 0 Å². The van der Waals surface area contributed by atoms with Crippen molar-refractivity contribution in [2.45, 2.75) is 31.5 Å². The van der Waals surface area contributed by atoms with Gasteiger partial charge in [0.1, 0.15) is 17.9 Å². The third kappa shape index (κ3) is 2.83. The molecule has 0 bridgehead atoms. The number of rotatable bonds is 4. The number of hydrogen-bond acceptors (Lipinski definition) is 4. The second kappa shape index (κ2) is 7.09. The van der Waals surface area contributed by atoms with Crippen molar-refractivity contribution in [2.75, 3.05) is 5.75 Å². The zero-order valence-corrected chi connectivity index (χ0v) is 16.4. The molecule has 0 radical (unpaired) electrons. The van der Waals surface area contributed by atoms with E-state index in [9.17, 15) is 4.39 Å². The quantitative estimate of drug-likeness (QED) is 0.627. The first kappa shape index (κ1) is 17.5. The fraction of sp³-hybridized carbons (Fsp3) is 0.273. The van der Waals surface area contributed by atoms with E-state index in [1.807, 2.05) is 48.4 Å². The largest absolute Gasteiger partial charge is 0.337 e. The molecule has 5 rings (SSSR count). The van der Waals surface area contributed by atoms with Crippen LogP contribution in [0, 0.1) is 5.82 Å². The molecule has 4 nitrogen and oxygen atoms in total.